The molecule has 0 saturated heterocycles. The summed E-state index contributed by atoms with van der Waals surface area (Å²) in [4.78, 5) is 37.1. The third-order valence-corrected chi connectivity index (χ3v) is 5.82. The fourth-order valence-electron chi connectivity index (χ4n) is 2.63. The molecule has 3 amide bonds. The van der Waals surface area contributed by atoms with Crippen LogP contribution in [0.1, 0.15) is 54.4 Å². The highest BCUT2D eigenvalue weighted by Gasteiger charge is 2.29. The minimum absolute atomic E-state index is 0.0774. The summed E-state index contributed by atoms with van der Waals surface area (Å²) in [5.74, 6) is -0.0101. The molecule has 0 spiro atoms. The molecule has 1 heterocycles. The molecule has 1 aliphatic rings. The van der Waals surface area contributed by atoms with E-state index in [9.17, 15) is 14.4 Å². The van der Waals surface area contributed by atoms with E-state index in [-0.39, 0.29) is 23.6 Å². The summed E-state index contributed by atoms with van der Waals surface area (Å²) in [6.07, 6.45) is 1.94. The van der Waals surface area contributed by atoms with Crippen LogP contribution in [-0.2, 0) is 16.1 Å². The van der Waals surface area contributed by atoms with E-state index in [2.05, 4.69) is 16.0 Å². The van der Waals surface area contributed by atoms with E-state index in [1.165, 1.54) is 11.3 Å². The fourth-order valence-corrected chi connectivity index (χ4v) is 3.61. The number of nitrogens with one attached hydrogen (secondary N) is 3. The molecule has 0 aliphatic heterocycles. The molecule has 0 atom stereocenters. The average molecular weight is 414 g/mol. The van der Waals surface area contributed by atoms with Crippen molar-refractivity contribution in [3.05, 3.63) is 46.3 Å². The molecule has 7 heteroatoms. The summed E-state index contributed by atoms with van der Waals surface area (Å²) in [7, 11) is 0. The lowest BCUT2D eigenvalue weighted by Gasteiger charge is -2.16. The number of aryl methyl sites for hydroxylation is 1. The first kappa shape index (κ1) is 21.0. The lowest BCUT2D eigenvalue weighted by Crippen LogP contribution is -2.27. The van der Waals surface area contributed by atoms with Crippen LogP contribution in [-0.4, -0.2) is 17.7 Å². The van der Waals surface area contributed by atoms with Gasteiger partial charge in [-0.1, -0.05) is 32.9 Å². The Labute approximate surface area is 175 Å². The third kappa shape index (κ3) is 5.67. The molecule has 0 bridgehead atoms. The van der Waals surface area contributed by atoms with E-state index < -0.39 is 5.41 Å². The fraction of sp³-hybridized carbons (Fsp3) is 0.409. The standard InChI is InChI=1S/C22H27N3O3S/c1-13-11-17(25-21(28)22(2,3)4)29-18(13)20(27)23-12-14-5-9-16(10-6-14)24-19(26)15-7-8-15/h5-6,9-11,15H,7-8,12H2,1-4H3,(H,23,27)(H,24,26)(H,25,28). The molecule has 1 saturated carbocycles. The number of rotatable bonds is 6. The molecule has 1 aromatic heterocycles. The lowest BCUT2D eigenvalue weighted by atomic mass is 9.96. The van der Waals surface area contributed by atoms with Crippen molar-refractivity contribution in [1.29, 1.82) is 0 Å². The van der Waals surface area contributed by atoms with Gasteiger partial charge in [0.15, 0.2) is 0 Å². The molecule has 1 fully saturated rings. The Morgan fingerprint density at radius 2 is 1.72 bits per heavy atom. The van der Waals surface area contributed by atoms with Gasteiger partial charge in [-0.15, -0.1) is 11.3 Å². The van der Waals surface area contributed by atoms with Gasteiger partial charge >= 0.3 is 0 Å². The Bertz CT molecular complexity index is 922. The van der Waals surface area contributed by atoms with Crippen LogP contribution < -0.4 is 16.0 Å². The zero-order valence-corrected chi connectivity index (χ0v) is 18.0. The van der Waals surface area contributed by atoms with E-state index in [1.54, 1.807) is 0 Å². The maximum absolute atomic E-state index is 12.6. The van der Waals surface area contributed by atoms with Crippen LogP contribution in [0.3, 0.4) is 0 Å². The van der Waals surface area contributed by atoms with Crippen LogP contribution in [0.5, 0.6) is 0 Å². The summed E-state index contributed by atoms with van der Waals surface area (Å²) in [6, 6.07) is 9.29. The van der Waals surface area contributed by atoms with Gasteiger partial charge in [-0.05, 0) is 49.1 Å². The number of hydrogen-bond acceptors (Lipinski definition) is 4. The minimum atomic E-state index is -0.495. The summed E-state index contributed by atoms with van der Waals surface area (Å²) in [5, 5.41) is 9.35. The maximum Gasteiger partial charge on any atom is 0.261 e. The van der Waals surface area contributed by atoms with Crippen molar-refractivity contribution in [2.45, 2.75) is 47.1 Å². The van der Waals surface area contributed by atoms with E-state index in [0.717, 1.165) is 29.7 Å². The molecule has 0 radical (unpaired) electrons. The van der Waals surface area contributed by atoms with Gasteiger partial charge in [-0.25, -0.2) is 0 Å². The van der Waals surface area contributed by atoms with Crippen molar-refractivity contribution in [3.8, 4) is 0 Å². The maximum atomic E-state index is 12.6. The first-order valence-corrected chi connectivity index (χ1v) is 10.5. The number of amides is 3. The summed E-state index contributed by atoms with van der Waals surface area (Å²) < 4.78 is 0. The molecule has 154 valence electrons. The second-order valence-corrected chi connectivity index (χ2v) is 9.52. The van der Waals surface area contributed by atoms with Crippen LogP contribution in [0.2, 0.25) is 0 Å². The van der Waals surface area contributed by atoms with Crippen molar-refractivity contribution < 1.29 is 14.4 Å². The van der Waals surface area contributed by atoms with Gasteiger partial charge in [0.1, 0.15) is 0 Å². The third-order valence-electron chi connectivity index (χ3n) is 4.66. The van der Waals surface area contributed by atoms with E-state index in [4.69, 9.17) is 0 Å². The number of thiophene rings is 1. The number of carbonyl (C=O) groups excluding carboxylic acids is 3. The van der Waals surface area contributed by atoms with Crippen molar-refractivity contribution in [1.82, 2.24) is 5.32 Å². The predicted molar refractivity (Wildman–Crippen MR) is 116 cm³/mol. The van der Waals surface area contributed by atoms with Gasteiger partial charge in [-0.2, -0.15) is 0 Å². The van der Waals surface area contributed by atoms with Crippen LogP contribution in [0.4, 0.5) is 10.7 Å². The largest absolute Gasteiger partial charge is 0.347 e. The van der Waals surface area contributed by atoms with Gasteiger partial charge in [0.2, 0.25) is 11.8 Å². The van der Waals surface area contributed by atoms with Crippen molar-refractivity contribution in [2.24, 2.45) is 11.3 Å². The zero-order chi connectivity index (χ0) is 21.2. The Morgan fingerprint density at radius 1 is 1.07 bits per heavy atom. The Kier molecular flexibility index (Phi) is 6.07. The summed E-state index contributed by atoms with van der Waals surface area (Å²) in [6.45, 7) is 7.78. The molecular weight excluding hydrogens is 386 g/mol. The topological polar surface area (TPSA) is 87.3 Å². The molecule has 29 heavy (non-hydrogen) atoms. The molecule has 6 nitrogen and oxygen atoms in total. The van der Waals surface area contributed by atoms with Crippen molar-refractivity contribution in [3.63, 3.8) is 0 Å². The van der Waals surface area contributed by atoms with Gasteiger partial charge in [0, 0.05) is 23.6 Å². The molecule has 2 aromatic rings. The second-order valence-electron chi connectivity index (χ2n) is 8.47. The predicted octanol–water partition coefficient (Wildman–Crippen LogP) is 4.32. The highest BCUT2D eigenvalue weighted by Crippen LogP contribution is 2.30. The van der Waals surface area contributed by atoms with Gasteiger partial charge in [0.05, 0.1) is 9.88 Å². The molecule has 1 aromatic carbocycles. The molecule has 3 N–H and O–H groups in total. The van der Waals surface area contributed by atoms with Gasteiger partial charge in [0.25, 0.3) is 5.91 Å². The molecule has 0 unspecified atom stereocenters. The molecular formula is C22H27N3O3S. The van der Waals surface area contributed by atoms with E-state index in [0.29, 0.717) is 16.4 Å². The number of anilines is 2. The van der Waals surface area contributed by atoms with E-state index >= 15 is 0 Å². The quantitative estimate of drug-likeness (QED) is 0.659. The molecule has 3 rings (SSSR count). The highest BCUT2D eigenvalue weighted by atomic mass is 32.1. The Morgan fingerprint density at radius 3 is 2.31 bits per heavy atom. The number of hydrogen-bond donors (Lipinski definition) is 3. The second kappa shape index (κ2) is 8.37. The lowest BCUT2D eigenvalue weighted by molar-refractivity contribution is -0.123. The highest BCUT2D eigenvalue weighted by molar-refractivity contribution is 7.18. The van der Waals surface area contributed by atoms with Crippen LogP contribution in [0.25, 0.3) is 0 Å². The van der Waals surface area contributed by atoms with Crippen LogP contribution in [0, 0.1) is 18.3 Å². The minimum Gasteiger partial charge on any atom is -0.347 e. The van der Waals surface area contributed by atoms with Crippen LogP contribution in [0.15, 0.2) is 30.3 Å². The average Bonchev–Trinajstić information content (AvgIpc) is 3.44. The monoisotopic (exact) mass is 413 g/mol. The first-order chi connectivity index (χ1) is 13.6. The van der Waals surface area contributed by atoms with Crippen molar-refractivity contribution >= 4 is 39.7 Å². The molecule has 1 aliphatic carbocycles. The SMILES string of the molecule is Cc1cc(NC(=O)C(C)(C)C)sc1C(=O)NCc1ccc(NC(=O)C2CC2)cc1. The Hall–Kier alpha value is -2.67. The van der Waals surface area contributed by atoms with Gasteiger partial charge in [-0.3, -0.25) is 14.4 Å². The first-order valence-electron chi connectivity index (χ1n) is 9.73. The number of carbonyl (C=O) groups is 3. The normalized spacial score (nSPS) is 13.7. The van der Waals surface area contributed by atoms with Crippen molar-refractivity contribution in [2.75, 3.05) is 10.6 Å². The van der Waals surface area contributed by atoms with E-state index in [1.807, 2.05) is 58.0 Å². The number of benzene rings is 1. The van der Waals surface area contributed by atoms with Gasteiger partial charge < -0.3 is 16.0 Å². The zero-order valence-electron chi connectivity index (χ0n) is 17.2. The van der Waals surface area contributed by atoms with Crippen LogP contribution >= 0.6 is 11.3 Å². The summed E-state index contributed by atoms with van der Waals surface area (Å²) >= 11 is 1.27. The Balaban J connectivity index is 1.55. The summed E-state index contributed by atoms with van der Waals surface area (Å²) in [5.41, 5.74) is 2.04. The smallest absolute Gasteiger partial charge is 0.261 e.